The van der Waals surface area contributed by atoms with Crippen molar-refractivity contribution in [2.45, 2.75) is 125 Å². The normalized spacial score (nSPS) is 37.6. The first-order valence-electron chi connectivity index (χ1n) is 16.2. The number of hydrogen-bond acceptors (Lipinski definition) is 4. The number of ether oxygens (including phenoxy) is 1. The highest BCUT2D eigenvalue weighted by Gasteiger charge is 2.58. The van der Waals surface area contributed by atoms with Gasteiger partial charge in [-0.05, 0) is 109 Å². The molecule has 1 aliphatic heterocycles. The van der Waals surface area contributed by atoms with Crippen LogP contribution in [0.2, 0.25) is 0 Å². The fourth-order valence-corrected chi connectivity index (χ4v) is 10.4. The molecule has 4 aliphatic carbocycles. The van der Waals surface area contributed by atoms with Gasteiger partial charge in [0, 0.05) is 18.5 Å². The molecule has 6 atom stereocenters. The molecule has 0 spiro atoms. The van der Waals surface area contributed by atoms with Crippen molar-refractivity contribution in [2.24, 2.45) is 39.4 Å². The van der Waals surface area contributed by atoms with Crippen LogP contribution in [0.5, 0.6) is 0 Å². The maximum absolute atomic E-state index is 12.5. The number of rotatable bonds is 7. The Labute approximate surface area is 243 Å². The minimum absolute atomic E-state index is 0.0407. The molecule has 0 amide bonds. The molecule has 40 heavy (non-hydrogen) atoms. The molecule has 0 radical (unpaired) electrons. The number of carboxylic acid groups (broad SMARTS) is 1. The highest BCUT2D eigenvalue weighted by atomic mass is 16.5. The lowest BCUT2D eigenvalue weighted by Gasteiger charge is -2.59. The van der Waals surface area contributed by atoms with E-state index in [4.69, 9.17) is 9.84 Å². The number of fused-ring (bicyclic) bond motifs is 4. The van der Waals surface area contributed by atoms with Crippen molar-refractivity contribution in [1.82, 2.24) is 4.90 Å². The summed E-state index contributed by atoms with van der Waals surface area (Å²) in [6.45, 7) is 20.8. The Morgan fingerprint density at radius 2 is 1.77 bits per heavy atom. The highest BCUT2D eigenvalue weighted by molar-refractivity contribution is 5.76. The smallest absolute Gasteiger partial charge is 0.306 e. The van der Waals surface area contributed by atoms with Gasteiger partial charge in [0.2, 0.25) is 0 Å². The first kappa shape index (κ1) is 29.9. The summed E-state index contributed by atoms with van der Waals surface area (Å²) in [7, 11) is 0. The molecular formula is C35H55NO4. The molecule has 5 nitrogen and oxygen atoms in total. The number of allylic oxidation sites excluding steroid dienone is 4. The minimum Gasteiger partial charge on any atom is -0.481 e. The van der Waals surface area contributed by atoms with E-state index in [0.717, 1.165) is 31.6 Å². The lowest BCUT2D eigenvalue weighted by atomic mass is 9.46. The molecule has 2 fully saturated rings. The van der Waals surface area contributed by atoms with Gasteiger partial charge in [0.25, 0.3) is 0 Å². The van der Waals surface area contributed by atoms with Crippen molar-refractivity contribution in [3.05, 3.63) is 22.8 Å². The zero-order valence-corrected chi connectivity index (χ0v) is 26.4. The van der Waals surface area contributed by atoms with Gasteiger partial charge in [-0.2, -0.15) is 0 Å². The molecule has 5 aliphatic rings. The quantitative estimate of drug-likeness (QED) is 0.326. The maximum atomic E-state index is 12.5. The summed E-state index contributed by atoms with van der Waals surface area (Å²) in [6, 6.07) is 0. The van der Waals surface area contributed by atoms with E-state index in [1.165, 1.54) is 51.7 Å². The van der Waals surface area contributed by atoms with Gasteiger partial charge < -0.3 is 14.7 Å². The van der Waals surface area contributed by atoms with Crippen LogP contribution in [0, 0.1) is 39.4 Å². The van der Waals surface area contributed by atoms with Crippen molar-refractivity contribution in [2.75, 3.05) is 19.6 Å². The summed E-state index contributed by atoms with van der Waals surface area (Å²) in [5.41, 5.74) is 5.84. The molecule has 0 bridgehead atoms. The van der Waals surface area contributed by atoms with Gasteiger partial charge >= 0.3 is 11.9 Å². The Hall–Kier alpha value is -1.62. The molecule has 0 aromatic rings. The standard InChI is InChI=1S/C35H55NO4/c1-23(21-36-20-8-17-32(2,3)22-36)25-10-11-26-24-9-12-28-33(4,5)29(40-31(39)14-13-30(37)38)16-19-35(28,7)27(24)15-18-34(25,26)6/h11,23,25,28-29H,8-10,12-22H2,1-7H3,(H,37,38). The predicted octanol–water partition coefficient (Wildman–Crippen LogP) is 7.80. The van der Waals surface area contributed by atoms with Crippen LogP contribution in [0.15, 0.2) is 22.8 Å². The van der Waals surface area contributed by atoms with Gasteiger partial charge in [-0.1, -0.05) is 60.1 Å². The number of esters is 1. The monoisotopic (exact) mass is 553 g/mol. The van der Waals surface area contributed by atoms with Gasteiger partial charge in [-0.25, -0.2) is 0 Å². The fourth-order valence-electron chi connectivity index (χ4n) is 10.4. The van der Waals surface area contributed by atoms with Crippen LogP contribution in [-0.4, -0.2) is 47.7 Å². The lowest BCUT2D eigenvalue weighted by molar-refractivity contribution is -0.170. The van der Waals surface area contributed by atoms with Gasteiger partial charge in [0.1, 0.15) is 6.10 Å². The van der Waals surface area contributed by atoms with Crippen LogP contribution >= 0.6 is 0 Å². The molecule has 5 rings (SSSR count). The third-order valence-corrected chi connectivity index (χ3v) is 12.4. The van der Waals surface area contributed by atoms with Gasteiger partial charge in [-0.15, -0.1) is 0 Å². The van der Waals surface area contributed by atoms with E-state index in [2.05, 4.69) is 59.4 Å². The second-order valence-corrected chi connectivity index (χ2v) is 16.1. The van der Waals surface area contributed by atoms with Crippen molar-refractivity contribution in [3.63, 3.8) is 0 Å². The largest absolute Gasteiger partial charge is 0.481 e. The fraction of sp³-hybridized carbons (Fsp3) is 0.829. The maximum Gasteiger partial charge on any atom is 0.306 e. The number of carbonyl (C=O) groups excluding carboxylic acids is 1. The predicted molar refractivity (Wildman–Crippen MR) is 160 cm³/mol. The summed E-state index contributed by atoms with van der Waals surface area (Å²) in [4.78, 5) is 26.2. The molecule has 0 aromatic heterocycles. The zero-order valence-electron chi connectivity index (χ0n) is 26.4. The number of carboxylic acids is 1. The Morgan fingerprint density at radius 1 is 1.02 bits per heavy atom. The van der Waals surface area contributed by atoms with Crippen LogP contribution in [0.4, 0.5) is 0 Å². The highest BCUT2D eigenvalue weighted by Crippen LogP contribution is 2.66. The molecule has 6 unspecified atom stereocenters. The van der Waals surface area contributed by atoms with Crippen LogP contribution in [-0.2, 0) is 14.3 Å². The number of likely N-dealkylation sites (tertiary alicyclic amines) is 1. The van der Waals surface area contributed by atoms with Crippen LogP contribution in [0.3, 0.4) is 0 Å². The number of aliphatic carboxylic acids is 1. The Bertz CT molecular complexity index is 1080. The lowest BCUT2D eigenvalue weighted by Crippen LogP contribution is -2.54. The summed E-state index contributed by atoms with van der Waals surface area (Å²) >= 11 is 0. The van der Waals surface area contributed by atoms with E-state index in [-0.39, 0.29) is 35.7 Å². The molecule has 1 N–H and O–H groups in total. The van der Waals surface area contributed by atoms with E-state index in [9.17, 15) is 9.59 Å². The van der Waals surface area contributed by atoms with Crippen molar-refractivity contribution >= 4 is 11.9 Å². The average molecular weight is 554 g/mol. The van der Waals surface area contributed by atoms with Crippen molar-refractivity contribution < 1.29 is 19.4 Å². The average Bonchev–Trinajstić information content (AvgIpc) is 3.21. The van der Waals surface area contributed by atoms with E-state index < -0.39 is 5.97 Å². The number of carbonyl (C=O) groups is 2. The summed E-state index contributed by atoms with van der Waals surface area (Å²) in [5, 5.41) is 8.97. The second kappa shape index (κ2) is 10.6. The van der Waals surface area contributed by atoms with Gasteiger partial charge in [0.05, 0.1) is 12.8 Å². The molecule has 1 saturated carbocycles. The van der Waals surface area contributed by atoms with E-state index >= 15 is 0 Å². The number of hydrogen-bond donors (Lipinski definition) is 1. The van der Waals surface area contributed by atoms with Gasteiger partial charge in [-0.3, -0.25) is 9.59 Å². The third-order valence-electron chi connectivity index (χ3n) is 12.4. The van der Waals surface area contributed by atoms with Crippen LogP contribution < -0.4 is 0 Å². The Balaban J connectivity index is 1.31. The second-order valence-electron chi connectivity index (χ2n) is 16.1. The molecule has 5 heteroatoms. The summed E-state index contributed by atoms with van der Waals surface area (Å²) in [5.74, 6) is 0.583. The number of nitrogens with zero attached hydrogens (tertiary/aromatic N) is 1. The Morgan fingerprint density at radius 3 is 2.48 bits per heavy atom. The molecule has 224 valence electrons. The first-order chi connectivity index (χ1) is 18.7. The van der Waals surface area contributed by atoms with E-state index in [0.29, 0.717) is 22.7 Å². The minimum atomic E-state index is -0.947. The zero-order chi connectivity index (χ0) is 29.1. The topological polar surface area (TPSA) is 66.8 Å². The third kappa shape index (κ3) is 5.22. The summed E-state index contributed by atoms with van der Waals surface area (Å²) in [6.07, 6.45) is 12.9. The first-order valence-corrected chi connectivity index (χ1v) is 16.2. The molecule has 1 saturated heterocycles. The van der Waals surface area contributed by atoms with Crippen LogP contribution in [0.1, 0.15) is 119 Å². The molecule has 1 heterocycles. The van der Waals surface area contributed by atoms with Crippen molar-refractivity contribution in [1.29, 1.82) is 0 Å². The molecular weight excluding hydrogens is 498 g/mol. The number of piperidine rings is 1. The SMILES string of the molecule is CC(CN1CCCC(C)(C)C1)C1CC=C2C3=C(CCC21C)C1(C)CCC(OC(=O)CCC(=O)O)C(C)(C)C1CC3. The summed E-state index contributed by atoms with van der Waals surface area (Å²) < 4.78 is 5.95. The van der Waals surface area contributed by atoms with Crippen molar-refractivity contribution in [3.8, 4) is 0 Å². The van der Waals surface area contributed by atoms with Crippen LogP contribution in [0.25, 0.3) is 0 Å². The van der Waals surface area contributed by atoms with E-state index in [1.54, 1.807) is 16.7 Å². The molecule has 0 aromatic carbocycles. The van der Waals surface area contributed by atoms with Gasteiger partial charge in [0.15, 0.2) is 0 Å². The Kier molecular flexibility index (Phi) is 7.90. The van der Waals surface area contributed by atoms with E-state index in [1.807, 2.05) is 0 Å².